The zero-order valence-electron chi connectivity index (χ0n) is 13.9. The lowest BCUT2D eigenvalue weighted by molar-refractivity contribution is -0.142. The van der Waals surface area contributed by atoms with Crippen molar-refractivity contribution in [3.05, 3.63) is 70.1 Å². The van der Waals surface area contributed by atoms with Crippen LogP contribution in [-0.4, -0.2) is 34.8 Å². The lowest BCUT2D eigenvalue weighted by Crippen LogP contribution is -2.39. The zero-order chi connectivity index (χ0) is 18.7. The number of ether oxygens (including phenoxy) is 1. The number of hydrogen-bond acceptors (Lipinski definition) is 4. The van der Waals surface area contributed by atoms with Gasteiger partial charge >= 0.3 is 12.1 Å². The van der Waals surface area contributed by atoms with Gasteiger partial charge in [0, 0.05) is 5.92 Å². The largest absolute Gasteiger partial charge is 0.511 e. The van der Waals surface area contributed by atoms with Crippen LogP contribution in [0.4, 0.5) is 4.79 Å². The Hall–Kier alpha value is -3.51. The number of nitrogens with zero attached hydrogens (tertiary/aromatic N) is 4. The van der Waals surface area contributed by atoms with E-state index in [9.17, 15) is 9.59 Å². The van der Waals surface area contributed by atoms with Crippen molar-refractivity contribution < 1.29 is 19.4 Å². The third kappa shape index (κ3) is 3.05. The summed E-state index contributed by atoms with van der Waals surface area (Å²) in [6.07, 6.45) is -1.00. The van der Waals surface area contributed by atoms with Gasteiger partial charge in [0.15, 0.2) is 0 Å². The molecule has 0 radical (unpaired) electrons. The summed E-state index contributed by atoms with van der Waals surface area (Å²) in [6.45, 7) is 1.25. The van der Waals surface area contributed by atoms with E-state index >= 15 is 0 Å². The number of carbonyl (C=O) groups is 2. The maximum atomic E-state index is 12.2. The molecule has 2 aromatic rings. The molecule has 1 atom stereocenters. The molecule has 132 valence electrons. The van der Waals surface area contributed by atoms with Gasteiger partial charge in [-0.05, 0) is 34.4 Å². The maximum absolute atomic E-state index is 12.2. The number of hydrogen-bond donors (Lipinski definition) is 1. The summed E-state index contributed by atoms with van der Waals surface area (Å²) < 4.78 is 5.28. The van der Waals surface area contributed by atoms with Gasteiger partial charge in [0.1, 0.15) is 6.61 Å². The summed E-state index contributed by atoms with van der Waals surface area (Å²) in [5.41, 5.74) is 12.8. The zero-order valence-corrected chi connectivity index (χ0v) is 13.9. The second-order valence-corrected chi connectivity index (χ2v) is 5.84. The summed E-state index contributed by atoms with van der Waals surface area (Å²) in [6, 6.07) is 14.4. The Balaban J connectivity index is 1.82. The Morgan fingerprint density at radius 3 is 2.23 bits per heavy atom. The highest BCUT2D eigenvalue weighted by atomic mass is 16.6. The third-order valence-electron chi connectivity index (χ3n) is 4.38. The van der Waals surface area contributed by atoms with Crippen molar-refractivity contribution in [1.82, 2.24) is 5.01 Å². The van der Waals surface area contributed by atoms with Crippen LogP contribution in [0.15, 0.2) is 53.8 Å². The topological polar surface area (TPSA) is 116 Å². The number of fused-ring (bicyclic) bond motifs is 3. The molecule has 0 spiro atoms. The monoisotopic (exact) mass is 352 g/mol. The third-order valence-corrected chi connectivity index (χ3v) is 4.38. The summed E-state index contributed by atoms with van der Waals surface area (Å²) in [4.78, 5) is 25.8. The van der Waals surface area contributed by atoms with E-state index in [1.54, 1.807) is 0 Å². The molecular formula is C18H16N4O4. The molecule has 0 saturated carbocycles. The number of carbonyl (C=O) groups excluding carboxylic acids is 1. The van der Waals surface area contributed by atoms with Gasteiger partial charge in [-0.2, -0.15) is 9.71 Å². The number of amides is 1. The molecule has 0 aromatic heterocycles. The molecule has 2 aromatic carbocycles. The predicted molar refractivity (Wildman–Crippen MR) is 93.2 cm³/mol. The molecule has 0 aliphatic heterocycles. The van der Waals surface area contributed by atoms with Gasteiger partial charge in [-0.1, -0.05) is 48.5 Å². The van der Waals surface area contributed by atoms with Gasteiger partial charge < -0.3 is 9.84 Å². The summed E-state index contributed by atoms with van der Waals surface area (Å²) in [5.74, 6) is -1.47. The Bertz CT molecular complexity index is 862. The van der Waals surface area contributed by atoms with Crippen LogP contribution in [0, 0.1) is 0 Å². The van der Waals surface area contributed by atoms with Gasteiger partial charge in [-0.15, -0.1) is 10.5 Å². The average Bonchev–Trinajstić information content (AvgIpc) is 2.97. The van der Waals surface area contributed by atoms with E-state index in [0.29, 0.717) is 5.01 Å². The van der Waals surface area contributed by atoms with Gasteiger partial charge in [-0.25, -0.2) is 4.79 Å². The SMILES string of the molecule is C[C@@H](C(=O)O)N(N=[N+]=[N-])C(=O)OCC1c2ccccc2-c2ccccc21. The number of rotatable bonds is 5. The molecule has 0 fully saturated rings. The number of carboxylic acid groups (broad SMARTS) is 1. The molecule has 0 bridgehead atoms. The van der Waals surface area contributed by atoms with Crippen LogP contribution in [0.1, 0.15) is 24.0 Å². The second-order valence-electron chi connectivity index (χ2n) is 5.84. The van der Waals surface area contributed by atoms with Gasteiger partial charge in [-0.3, -0.25) is 0 Å². The number of azide groups is 1. The van der Waals surface area contributed by atoms with Crippen LogP contribution in [0.5, 0.6) is 0 Å². The van der Waals surface area contributed by atoms with E-state index in [-0.39, 0.29) is 12.5 Å². The van der Waals surface area contributed by atoms with Crippen LogP contribution in [0.2, 0.25) is 0 Å². The van der Waals surface area contributed by atoms with Crippen molar-refractivity contribution in [3.63, 3.8) is 0 Å². The minimum atomic E-state index is -1.33. The molecule has 3 rings (SSSR count). The highest BCUT2D eigenvalue weighted by molar-refractivity contribution is 5.80. The highest BCUT2D eigenvalue weighted by Crippen LogP contribution is 2.44. The van der Waals surface area contributed by atoms with Gasteiger partial charge in [0.2, 0.25) is 6.04 Å². The molecule has 1 amide bonds. The molecule has 0 saturated heterocycles. The Kier molecular flexibility index (Phi) is 4.77. The van der Waals surface area contributed by atoms with E-state index in [1.165, 1.54) is 6.92 Å². The molecule has 0 unspecified atom stereocenters. The molecule has 8 heteroatoms. The normalized spacial score (nSPS) is 13.1. The van der Waals surface area contributed by atoms with Crippen LogP contribution in [0.3, 0.4) is 0 Å². The highest BCUT2D eigenvalue weighted by Gasteiger charge is 2.34. The molecule has 1 N–H and O–H groups in total. The fourth-order valence-corrected chi connectivity index (χ4v) is 3.08. The molecule has 26 heavy (non-hydrogen) atoms. The molecule has 0 heterocycles. The van der Waals surface area contributed by atoms with Gasteiger partial charge in [0.05, 0.1) is 0 Å². The van der Waals surface area contributed by atoms with Crippen LogP contribution in [-0.2, 0) is 9.53 Å². The van der Waals surface area contributed by atoms with Crippen molar-refractivity contribution in [3.8, 4) is 11.1 Å². The maximum Gasteiger partial charge on any atom is 0.511 e. The second kappa shape index (κ2) is 7.16. The quantitative estimate of drug-likeness (QED) is 0.380. The number of carboxylic acids is 1. The van der Waals surface area contributed by atoms with E-state index in [1.807, 2.05) is 48.5 Å². The first-order chi connectivity index (χ1) is 12.5. The van der Waals surface area contributed by atoms with E-state index in [2.05, 4.69) is 10.1 Å². The van der Waals surface area contributed by atoms with Crippen LogP contribution < -0.4 is 0 Å². The fraction of sp³-hybridized carbons (Fsp3) is 0.222. The van der Waals surface area contributed by atoms with E-state index < -0.39 is 18.1 Å². The van der Waals surface area contributed by atoms with Crippen molar-refractivity contribution in [2.24, 2.45) is 5.22 Å². The average molecular weight is 352 g/mol. The lowest BCUT2D eigenvalue weighted by atomic mass is 9.98. The Morgan fingerprint density at radius 2 is 1.73 bits per heavy atom. The summed E-state index contributed by atoms with van der Waals surface area (Å²) >= 11 is 0. The lowest BCUT2D eigenvalue weighted by Gasteiger charge is -2.18. The molecule has 1 aliphatic carbocycles. The summed E-state index contributed by atoms with van der Waals surface area (Å²) in [7, 11) is 0. The minimum absolute atomic E-state index is 0.0106. The first-order valence-electron chi connectivity index (χ1n) is 7.96. The number of aliphatic carboxylic acids is 1. The number of benzene rings is 2. The minimum Gasteiger partial charge on any atom is -0.478 e. The van der Waals surface area contributed by atoms with Crippen molar-refractivity contribution in [2.45, 2.75) is 18.9 Å². The molecule has 8 nitrogen and oxygen atoms in total. The molecular weight excluding hydrogens is 336 g/mol. The standard InChI is InChI=1S/C18H16N4O4/c1-11(17(23)24)22(21-20-19)18(25)26-10-16-14-8-4-2-6-12(14)13-7-3-5-9-15(13)16/h2-9,11,16H,10H2,1H3,(H,23,24)/t11-/m0/s1. The predicted octanol–water partition coefficient (Wildman–Crippen LogP) is 3.94. The first-order valence-corrected chi connectivity index (χ1v) is 7.96. The van der Waals surface area contributed by atoms with Crippen LogP contribution >= 0.6 is 0 Å². The molecule has 1 aliphatic rings. The smallest absolute Gasteiger partial charge is 0.478 e. The van der Waals surface area contributed by atoms with E-state index in [0.717, 1.165) is 22.3 Å². The Labute approximate surface area is 149 Å². The summed E-state index contributed by atoms with van der Waals surface area (Å²) in [5, 5.41) is 12.7. The van der Waals surface area contributed by atoms with Crippen molar-refractivity contribution in [1.29, 1.82) is 0 Å². The van der Waals surface area contributed by atoms with Crippen LogP contribution in [0.25, 0.3) is 21.6 Å². The van der Waals surface area contributed by atoms with Crippen molar-refractivity contribution >= 4 is 12.1 Å². The van der Waals surface area contributed by atoms with Gasteiger partial charge in [0.25, 0.3) is 0 Å². The van der Waals surface area contributed by atoms with Crippen molar-refractivity contribution in [2.75, 3.05) is 6.61 Å². The fourth-order valence-electron chi connectivity index (χ4n) is 3.08. The Morgan fingerprint density at radius 1 is 1.19 bits per heavy atom. The first kappa shape index (κ1) is 17.3. The van der Waals surface area contributed by atoms with E-state index in [4.69, 9.17) is 15.4 Å².